The molecule has 3 heteroatoms. The van der Waals surface area contributed by atoms with Crippen molar-refractivity contribution in [3.05, 3.63) is 0 Å². The monoisotopic (exact) mass is 212 g/mol. The maximum absolute atomic E-state index is 11.7. The van der Waals surface area contributed by atoms with E-state index in [1.807, 2.05) is 13.8 Å². The van der Waals surface area contributed by atoms with Crippen LogP contribution in [-0.4, -0.2) is 18.4 Å². The topological polar surface area (TPSA) is 43.4 Å². The molecule has 3 nitrogen and oxygen atoms in total. The normalized spacial score (nSPS) is 25.0. The van der Waals surface area contributed by atoms with Gasteiger partial charge < -0.3 is 4.74 Å². The Morgan fingerprint density at radius 3 is 2.80 bits per heavy atom. The van der Waals surface area contributed by atoms with Crippen LogP contribution >= 0.6 is 0 Å². The molecule has 1 saturated carbocycles. The van der Waals surface area contributed by atoms with Crippen LogP contribution in [0.25, 0.3) is 0 Å². The molecule has 0 bridgehead atoms. The third-order valence-electron chi connectivity index (χ3n) is 3.47. The first-order chi connectivity index (χ1) is 6.94. The maximum Gasteiger partial charge on any atom is 0.302 e. The van der Waals surface area contributed by atoms with Crippen molar-refractivity contribution < 1.29 is 14.3 Å². The van der Waals surface area contributed by atoms with Gasteiger partial charge in [-0.15, -0.1) is 0 Å². The van der Waals surface area contributed by atoms with E-state index in [4.69, 9.17) is 4.74 Å². The van der Waals surface area contributed by atoms with Crippen LogP contribution in [0.4, 0.5) is 0 Å². The average Bonchev–Trinajstić information content (AvgIpc) is 2.12. The molecule has 1 aliphatic carbocycles. The fourth-order valence-corrected chi connectivity index (χ4v) is 2.27. The predicted octanol–water partition coefficient (Wildman–Crippen LogP) is 2.33. The zero-order valence-electron chi connectivity index (χ0n) is 9.84. The molecule has 1 rings (SSSR count). The van der Waals surface area contributed by atoms with Crippen LogP contribution in [0.5, 0.6) is 0 Å². The Morgan fingerprint density at radius 1 is 1.53 bits per heavy atom. The molecule has 0 aromatic rings. The molecule has 0 amide bonds. The minimum Gasteiger partial charge on any atom is -0.466 e. The predicted molar refractivity (Wildman–Crippen MR) is 57.4 cm³/mol. The van der Waals surface area contributed by atoms with Crippen molar-refractivity contribution in [3.8, 4) is 0 Å². The number of ether oxygens (including phenoxy) is 1. The second-order valence-corrected chi connectivity index (χ2v) is 4.86. The minimum absolute atomic E-state index is 0.238. The summed E-state index contributed by atoms with van der Waals surface area (Å²) >= 11 is 0. The van der Waals surface area contributed by atoms with Crippen molar-refractivity contribution in [2.75, 3.05) is 6.61 Å². The lowest BCUT2D eigenvalue weighted by molar-refractivity contribution is -0.142. The van der Waals surface area contributed by atoms with E-state index >= 15 is 0 Å². The quantitative estimate of drug-likeness (QED) is 0.674. The zero-order valence-corrected chi connectivity index (χ0v) is 9.84. The van der Waals surface area contributed by atoms with Crippen LogP contribution in [0.3, 0.4) is 0 Å². The Hall–Kier alpha value is -0.860. The van der Waals surface area contributed by atoms with E-state index in [1.165, 1.54) is 6.92 Å². The van der Waals surface area contributed by atoms with E-state index in [0.717, 1.165) is 19.3 Å². The Labute approximate surface area is 91.2 Å². The van der Waals surface area contributed by atoms with Crippen molar-refractivity contribution >= 4 is 11.8 Å². The number of rotatable bonds is 3. The molecule has 0 N–H and O–H groups in total. The van der Waals surface area contributed by atoms with Crippen LogP contribution in [-0.2, 0) is 14.3 Å². The fraction of sp³-hybridized carbons (Fsp3) is 0.833. The fourth-order valence-electron chi connectivity index (χ4n) is 2.27. The van der Waals surface area contributed by atoms with Crippen LogP contribution in [0.1, 0.15) is 46.5 Å². The van der Waals surface area contributed by atoms with Gasteiger partial charge in [-0.1, -0.05) is 13.8 Å². The highest BCUT2D eigenvalue weighted by molar-refractivity contribution is 5.85. The van der Waals surface area contributed by atoms with Crippen molar-refractivity contribution in [2.24, 2.45) is 11.3 Å². The second kappa shape index (κ2) is 4.77. The summed E-state index contributed by atoms with van der Waals surface area (Å²) in [4.78, 5) is 22.3. The number of esters is 1. The standard InChI is InChI=1S/C12H20O3/c1-9(13)15-8-7-10-5-4-6-11(14)12(10,2)3/h10H,4-8H2,1-3H3. The molecule has 0 saturated heterocycles. The lowest BCUT2D eigenvalue weighted by Crippen LogP contribution is -2.37. The largest absolute Gasteiger partial charge is 0.466 e. The number of ketones is 1. The van der Waals surface area contributed by atoms with Crippen molar-refractivity contribution in [3.63, 3.8) is 0 Å². The molecule has 0 aliphatic heterocycles. The molecule has 1 atom stereocenters. The number of hydrogen-bond donors (Lipinski definition) is 0. The lowest BCUT2D eigenvalue weighted by Gasteiger charge is -2.37. The van der Waals surface area contributed by atoms with Crippen LogP contribution in [0.15, 0.2) is 0 Å². The van der Waals surface area contributed by atoms with Crippen LogP contribution in [0.2, 0.25) is 0 Å². The molecule has 15 heavy (non-hydrogen) atoms. The summed E-state index contributed by atoms with van der Waals surface area (Å²) in [5.41, 5.74) is -0.238. The maximum atomic E-state index is 11.7. The number of hydrogen-bond acceptors (Lipinski definition) is 3. The van der Waals surface area contributed by atoms with Gasteiger partial charge in [0, 0.05) is 18.8 Å². The van der Waals surface area contributed by atoms with Gasteiger partial charge in [0.2, 0.25) is 0 Å². The summed E-state index contributed by atoms with van der Waals surface area (Å²) in [5.74, 6) is 0.467. The molecular weight excluding hydrogens is 192 g/mol. The highest BCUT2D eigenvalue weighted by atomic mass is 16.5. The molecule has 86 valence electrons. The summed E-state index contributed by atoms with van der Waals surface area (Å²) in [6, 6.07) is 0. The molecule has 0 aromatic carbocycles. The second-order valence-electron chi connectivity index (χ2n) is 4.86. The number of carbonyl (C=O) groups excluding carboxylic acids is 2. The minimum atomic E-state index is -0.241. The summed E-state index contributed by atoms with van der Waals surface area (Å²) in [5, 5.41) is 0. The third-order valence-corrected chi connectivity index (χ3v) is 3.47. The van der Waals surface area contributed by atoms with Gasteiger partial charge in [0.05, 0.1) is 6.61 Å². The molecular formula is C12H20O3. The summed E-state index contributed by atoms with van der Waals surface area (Å²) in [7, 11) is 0. The summed E-state index contributed by atoms with van der Waals surface area (Å²) < 4.78 is 4.92. The van der Waals surface area contributed by atoms with Gasteiger partial charge in [0.1, 0.15) is 5.78 Å². The van der Waals surface area contributed by atoms with Gasteiger partial charge in [-0.2, -0.15) is 0 Å². The highest BCUT2D eigenvalue weighted by Gasteiger charge is 2.38. The van der Waals surface area contributed by atoms with Crippen molar-refractivity contribution in [2.45, 2.75) is 46.5 Å². The summed E-state index contributed by atoms with van der Waals surface area (Å²) in [6.07, 6.45) is 3.56. The molecule has 1 aliphatic rings. The molecule has 1 fully saturated rings. The first-order valence-corrected chi connectivity index (χ1v) is 5.61. The smallest absolute Gasteiger partial charge is 0.302 e. The molecule has 0 aromatic heterocycles. The molecule has 0 spiro atoms. The number of Topliss-reactive ketones (excluding diaryl/α,β-unsaturated/α-hetero) is 1. The van der Waals surface area contributed by atoms with Gasteiger partial charge in [-0.05, 0) is 25.2 Å². The van der Waals surface area contributed by atoms with Crippen molar-refractivity contribution in [1.82, 2.24) is 0 Å². The highest BCUT2D eigenvalue weighted by Crippen LogP contribution is 2.39. The molecule has 1 unspecified atom stereocenters. The Bertz CT molecular complexity index is 256. The number of carbonyl (C=O) groups is 2. The van der Waals surface area contributed by atoms with Gasteiger partial charge in [0.25, 0.3) is 0 Å². The van der Waals surface area contributed by atoms with Crippen molar-refractivity contribution in [1.29, 1.82) is 0 Å². The Balaban J connectivity index is 2.45. The van der Waals surface area contributed by atoms with Gasteiger partial charge in [0.15, 0.2) is 0 Å². The van der Waals surface area contributed by atoms with E-state index in [9.17, 15) is 9.59 Å². The van der Waals surface area contributed by atoms with Crippen LogP contribution in [0, 0.1) is 11.3 Å². The van der Waals surface area contributed by atoms with E-state index in [-0.39, 0.29) is 11.4 Å². The molecule has 0 radical (unpaired) electrons. The Kier molecular flexibility index (Phi) is 3.89. The van der Waals surface area contributed by atoms with Gasteiger partial charge in [-0.25, -0.2) is 0 Å². The third kappa shape index (κ3) is 3.05. The van der Waals surface area contributed by atoms with Gasteiger partial charge >= 0.3 is 5.97 Å². The van der Waals surface area contributed by atoms with E-state index in [2.05, 4.69) is 0 Å². The lowest BCUT2D eigenvalue weighted by atomic mass is 9.67. The van der Waals surface area contributed by atoms with Gasteiger partial charge in [-0.3, -0.25) is 9.59 Å². The van der Waals surface area contributed by atoms with E-state index in [0.29, 0.717) is 24.7 Å². The van der Waals surface area contributed by atoms with Crippen LogP contribution < -0.4 is 0 Å². The SMILES string of the molecule is CC(=O)OCCC1CCCC(=O)C1(C)C. The van der Waals surface area contributed by atoms with E-state index in [1.54, 1.807) is 0 Å². The Morgan fingerprint density at radius 2 is 2.20 bits per heavy atom. The zero-order chi connectivity index (χ0) is 11.5. The summed E-state index contributed by atoms with van der Waals surface area (Å²) in [6.45, 7) is 5.87. The average molecular weight is 212 g/mol. The molecule has 0 heterocycles. The first kappa shape index (κ1) is 12.2. The first-order valence-electron chi connectivity index (χ1n) is 5.61. The van der Waals surface area contributed by atoms with E-state index < -0.39 is 0 Å².